The maximum absolute atomic E-state index is 12.3. The number of hydrogen-bond acceptors (Lipinski definition) is 8. The SMILES string of the molecule is CCCCCCCCCCCCCCCCCC(=O)O[C@@H](CO)[C@H](O)C(=O)CCCCCCCCCCCCC.C[N+](C)(C)CCOP(=O)([O-])O. The van der Waals surface area contributed by atoms with E-state index in [0.29, 0.717) is 11.0 Å². The van der Waals surface area contributed by atoms with Crippen molar-refractivity contribution < 1.29 is 47.9 Å². The van der Waals surface area contributed by atoms with Crippen LogP contribution >= 0.6 is 7.82 Å². The molecule has 0 amide bonds. The Labute approximate surface area is 313 Å². The lowest BCUT2D eigenvalue weighted by molar-refractivity contribution is -0.870. The first-order valence-corrected chi connectivity index (χ1v) is 22.3. The number of likely N-dealkylation sites (N-methyl/N-ethyl adjacent to an activating group) is 1. The molecule has 1 unspecified atom stereocenters. The van der Waals surface area contributed by atoms with Crippen LogP contribution in [0.4, 0.5) is 0 Å². The second kappa shape index (κ2) is 36.1. The third-order valence-electron chi connectivity index (χ3n) is 9.17. The van der Waals surface area contributed by atoms with Gasteiger partial charge in [0.25, 0.3) is 7.82 Å². The monoisotopic (exact) mass is 752 g/mol. The summed E-state index contributed by atoms with van der Waals surface area (Å²) in [4.78, 5) is 42.8. The van der Waals surface area contributed by atoms with Crippen LogP contribution in [-0.4, -0.2) is 84.5 Å². The Morgan fingerprint density at radius 1 is 0.627 bits per heavy atom. The van der Waals surface area contributed by atoms with Gasteiger partial charge in [-0.2, -0.15) is 0 Å². The van der Waals surface area contributed by atoms with Crippen molar-refractivity contribution in [3.05, 3.63) is 0 Å². The summed E-state index contributed by atoms with van der Waals surface area (Å²) in [5.74, 6) is -0.773. The van der Waals surface area contributed by atoms with E-state index in [-0.39, 0.29) is 25.2 Å². The lowest BCUT2D eigenvalue weighted by Crippen LogP contribution is -2.40. The van der Waals surface area contributed by atoms with E-state index in [4.69, 9.17) is 9.63 Å². The van der Waals surface area contributed by atoms with Crippen LogP contribution in [0.15, 0.2) is 0 Å². The lowest BCUT2D eigenvalue weighted by Gasteiger charge is -2.25. The number of unbranched alkanes of at least 4 members (excludes halogenated alkanes) is 24. The van der Waals surface area contributed by atoms with Gasteiger partial charge in [0.1, 0.15) is 13.2 Å². The van der Waals surface area contributed by atoms with E-state index in [9.17, 15) is 29.3 Å². The molecule has 306 valence electrons. The van der Waals surface area contributed by atoms with Crippen molar-refractivity contribution in [3.63, 3.8) is 0 Å². The maximum Gasteiger partial charge on any atom is 0.306 e. The number of ketones is 1. The van der Waals surface area contributed by atoms with Gasteiger partial charge in [-0.25, -0.2) is 0 Å². The van der Waals surface area contributed by atoms with Crippen LogP contribution in [0, 0.1) is 0 Å². The molecular formula is C40H82NO9P. The second-order valence-corrected chi connectivity index (χ2v) is 16.6. The van der Waals surface area contributed by atoms with Crippen LogP contribution in [0.2, 0.25) is 0 Å². The fourth-order valence-corrected chi connectivity index (χ4v) is 6.13. The molecule has 0 fully saturated rings. The van der Waals surface area contributed by atoms with Gasteiger partial charge in [0.15, 0.2) is 18.0 Å². The molecule has 0 spiro atoms. The number of aliphatic hydroxyl groups is 2. The Morgan fingerprint density at radius 2 is 0.961 bits per heavy atom. The topological polar surface area (TPSA) is 153 Å². The van der Waals surface area contributed by atoms with Crippen LogP contribution in [-0.2, 0) is 23.4 Å². The summed E-state index contributed by atoms with van der Waals surface area (Å²) in [6, 6.07) is 0. The van der Waals surface area contributed by atoms with Crippen LogP contribution in [0.5, 0.6) is 0 Å². The smallest absolute Gasteiger partial charge is 0.306 e. The number of phosphoric acid groups is 1. The van der Waals surface area contributed by atoms with Crippen molar-refractivity contribution in [2.75, 3.05) is 40.9 Å². The number of quaternary nitrogens is 1. The molecule has 0 bridgehead atoms. The fourth-order valence-electron chi connectivity index (χ4n) is 5.82. The van der Waals surface area contributed by atoms with Crippen molar-refractivity contribution in [2.45, 2.75) is 206 Å². The number of esters is 1. The fraction of sp³-hybridized carbons (Fsp3) is 0.950. The van der Waals surface area contributed by atoms with Gasteiger partial charge in [0.2, 0.25) is 0 Å². The first-order valence-electron chi connectivity index (χ1n) is 20.8. The number of carbonyl (C=O) groups is 2. The molecule has 10 nitrogen and oxygen atoms in total. The summed E-state index contributed by atoms with van der Waals surface area (Å²) in [5.41, 5.74) is 0. The molecule has 0 aliphatic carbocycles. The number of hydrogen-bond donors (Lipinski definition) is 3. The molecule has 0 saturated carbocycles. The largest absolute Gasteiger partial charge is 0.756 e. The Hall–Kier alpha value is -0.870. The summed E-state index contributed by atoms with van der Waals surface area (Å²) in [6.45, 7) is 4.52. The molecule has 0 radical (unpaired) electrons. The molecule has 0 rings (SSSR count). The van der Waals surface area contributed by atoms with Crippen molar-refractivity contribution in [1.29, 1.82) is 0 Å². The number of aliphatic hydroxyl groups excluding tert-OH is 2. The molecular weight excluding hydrogens is 669 g/mol. The van der Waals surface area contributed by atoms with E-state index in [1.165, 1.54) is 128 Å². The summed E-state index contributed by atoms with van der Waals surface area (Å²) >= 11 is 0. The molecule has 51 heavy (non-hydrogen) atoms. The van der Waals surface area contributed by atoms with Crippen molar-refractivity contribution >= 4 is 19.6 Å². The summed E-state index contributed by atoms with van der Waals surface area (Å²) < 4.78 is 20.1. The predicted octanol–water partition coefficient (Wildman–Crippen LogP) is 8.95. The van der Waals surface area contributed by atoms with E-state index < -0.39 is 32.6 Å². The molecule has 3 atom stereocenters. The molecule has 0 aliphatic heterocycles. The highest BCUT2D eigenvalue weighted by Gasteiger charge is 2.28. The van der Waals surface area contributed by atoms with Gasteiger partial charge in [-0.3, -0.25) is 14.2 Å². The highest BCUT2D eigenvalue weighted by molar-refractivity contribution is 7.44. The number of phosphoric ester groups is 1. The third-order valence-corrected chi connectivity index (χ3v) is 9.68. The van der Waals surface area contributed by atoms with Crippen LogP contribution in [0.25, 0.3) is 0 Å². The van der Waals surface area contributed by atoms with Gasteiger partial charge in [0, 0.05) is 12.8 Å². The Kier molecular flexibility index (Phi) is 37.0. The standard InChI is InChI=1S/C35H68O5.C5H14NO4P/c1-3-5-7-9-11-13-15-16-17-18-20-22-24-26-28-30-34(38)40-33(31-36)35(39)32(37)29-27-25-23-21-19-14-12-10-8-6-4-2;1-6(2,3)4-5-10-11(7,8)9/h33,35-36,39H,3-31H2,1-2H3;4-5H2,1-3H3,(H-,7,8,9)/t33-,35+;/m0./s1. The minimum atomic E-state index is -4.51. The highest BCUT2D eigenvalue weighted by atomic mass is 31.2. The van der Waals surface area contributed by atoms with Gasteiger partial charge < -0.3 is 33.7 Å². The predicted molar refractivity (Wildman–Crippen MR) is 207 cm³/mol. The number of nitrogens with zero attached hydrogens (tertiary/aromatic N) is 1. The lowest BCUT2D eigenvalue weighted by atomic mass is 10.0. The summed E-state index contributed by atoms with van der Waals surface area (Å²) in [7, 11) is 1.19. The van der Waals surface area contributed by atoms with Crippen molar-refractivity contribution in [2.24, 2.45) is 0 Å². The zero-order valence-electron chi connectivity index (χ0n) is 33.8. The van der Waals surface area contributed by atoms with E-state index in [2.05, 4.69) is 18.4 Å². The molecule has 0 aromatic heterocycles. The van der Waals surface area contributed by atoms with Gasteiger partial charge in [0.05, 0.1) is 27.7 Å². The highest BCUT2D eigenvalue weighted by Crippen LogP contribution is 2.29. The molecule has 0 aliphatic rings. The number of rotatable bonds is 36. The Balaban J connectivity index is 0. The van der Waals surface area contributed by atoms with Crippen LogP contribution in [0.1, 0.15) is 194 Å². The molecule has 0 saturated heterocycles. The number of Topliss-reactive ketones (excluding diaryl/α,β-unsaturated/α-hetero) is 1. The number of ether oxygens (including phenoxy) is 1. The minimum Gasteiger partial charge on any atom is -0.756 e. The van der Waals surface area contributed by atoms with Gasteiger partial charge in [-0.1, -0.05) is 168 Å². The van der Waals surface area contributed by atoms with E-state index in [1.54, 1.807) is 0 Å². The second-order valence-electron chi connectivity index (χ2n) is 15.4. The first kappa shape index (κ1) is 52.2. The Morgan fingerprint density at radius 3 is 1.27 bits per heavy atom. The molecule has 0 aromatic rings. The van der Waals surface area contributed by atoms with Gasteiger partial charge in [-0.05, 0) is 12.8 Å². The normalized spacial score (nSPS) is 14.0. The van der Waals surface area contributed by atoms with Crippen molar-refractivity contribution in [1.82, 2.24) is 0 Å². The molecule has 3 N–H and O–H groups in total. The minimum absolute atomic E-state index is 0.0147. The third kappa shape index (κ3) is 41.7. The van der Waals surface area contributed by atoms with Crippen LogP contribution < -0.4 is 4.89 Å². The molecule has 0 aromatic carbocycles. The number of carbonyl (C=O) groups excluding carboxylic acids is 2. The molecule has 0 heterocycles. The van der Waals surface area contributed by atoms with Crippen molar-refractivity contribution in [3.8, 4) is 0 Å². The molecule has 11 heteroatoms. The van der Waals surface area contributed by atoms with Gasteiger partial charge in [-0.15, -0.1) is 0 Å². The average molecular weight is 752 g/mol. The maximum atomic E-state index is 12.3. The van der Waals surface area contributed by atoms with E-state index in [0.717, 1.165) is 38.5 Å². The zero-order valence-corrected chi connectivity index (χ0v) is 34.7. The van der Waals surface area contributed by atoms with Gasteiger partial charge >= 0.3 is 5.97 Å². The van der Waals surface area contributed by atoms with E-state index >= 15 is 0 Å². The zero-order chi connectivity index (χ0) is 38.6. The summed E-state index contributed by atoms with van der Waals surface area (Å²) in [5, 5.41) is 19.9. The van der Waals surface area contributed by atoms with E-state index in [1.807, 2.05) is 21.1 Å². The summed E-state index contributed by atoms with van der Waals surface area (Å²) in [6.07, 6.45) is 30.2. The van der Waals surface area contributed by atoms with Crippen LogP contribution in [0.3, 0.4) is 0 Å². The quantitative estimate of drug-likeness (QED) is 0.0246. The average Bonchev–Trinajstić information content (AvgIpc) is 3.06. The first-order chi connectivity index (χ1) is 24.3. The Bertz CT molecular complexity index is 831.